The molecular weight excluding hydrogens is 1780 g/mol. The summed E-state index contributed by atoms with van der Waals surface area (Å²) in [5.74, 6) is -5.83. The number of hydrogen-bond acceptors (Lipinski definition) is 28. The first kappa shape index (κ1) is 107. The lowest BCUT2D eigenvalue weighted by atomic mass is 9.98. The van der Waals surface area contributed by atoms with Gasteiger partial charge in [-0.15, -0.1) is 0 Å². The molecule has 0 bridgehead atoms. The first-order valence-electron chi connectivity index (χ1n) is 46.9. The van der Waals surface area contributed by atoms with E-state index in [1.54, 1.807) is 63.0 Å². The summed E-state index contributed by atoms with van der Waals surface area (Å²) in [5, 5.41) is 98.3. The number of phenols is 8. The van der Waals surface area contributed by atoms with Crippen molar-refractivity contribution in [2.75, 3.05) is 98.6 Å². The van der Waals surface area contributed by atoms with Crippen LogP contribution in [0, 0.1) is 0 Å². The number of ether oxygens (including phenoxy) is 4. The van der Waals surface area contributed by atoms with E-state index in [-0.39, 0.29) is 175 Å². The van der Waals surface area contributed by atoms with Crippen LogP contribution in [0.3, 0.4) is 0 Å². The number of allylic oxidation sites excluding steroid dienone is 15. The van der Waals surface area contributed by atoms with Gasteiger partial charge in [-0.25, -0.2) is 19.2 Å². The zero-order valence-electron chi connectivity index (χ0n) is 78.4. The van der Waals surface area contributed by atoms with Gasteiger partial charge in [-0.05, 0) is 224 Å². The molecule has 8 aliphatic rings. The number of hydrogen-bond donors (Lipinski definition) is 8. The van der Waals surface area contributed by atoms with E-state index in [0.29, 0.717) is 84.7 Å². The van der Waals surface area contributed by atoms with E-state index >= 15 is 0 Å². The van der Waals surface area contributed by atoms with Gasteiger partial charge < -0.3 is 98.7 Å². The van der Waals surface area contributed by atoms with Gasteiger partial charge in [-0.2, -0.15) is 0 Å². The molecule has 1 atom stereocenters. The van der Waals surface area contributed by atoms with Gasteiger partial charge in [0.05, 0.1) is 47.7 Å². The maximum atomic E-state index is 12.8. The molecule has 32 nitrogen and oxygen atoms in total. The van der Waals surface area contributed by atoms with Crippen molar-refractivity contribution in [3.8, 4) is 46.0 Å². The molecule has 137 heavy (non-hydrogen) atoms. The van der Waals surface area contributed by atoms with E-state index in [1.165, 1.54) is 18.2 Å². The largest absolute Gasteiger partial charge is 0.508 e. The Morgan fingerprint density at radius 2 is 0.715 bits per heavy atom. The number of fused-ring (bicyclic) bond motifs is 4. The molecule has 4 amide bonds. The van der Waals surface area contributed by atoms with Gasteiger partial charge in [-0.3, -0.25) is 19.2 Å². The summed E-state index contributed by atoms with van der Waals surface area (Å²) in [4.78, 5) is 129. The Bertz CT molecular complexity index is 5120. The molecule has 0 unspecified atom stereocenters. The Morgan fingerprint density at radius 1 is 0.394 bits per heavy atom. The number of halogens is 1. The van der Waals surface area contributed by atoms with Crippen molar-refractivity contribution in [1.29, 1.82) is 0 Å². The van der Waals surface area contributed by atoms with E-state index in [1.807, 2.05) is 61.6 Å². The van der Waals surface area contributed by atoms with Crippen molar-refractivity contribution in [3.05, 3.63) is 225 Å². The molecule has 0 saturated carbocycles. The second-order valence-electron chi connectivity index (χ2n) is 34.0. The Morgan fingerprint density at radius 3 is 1.07 bits per heavy atom. The van der Waals surface area contributed by atoms with Gasteiger partial charge in [0.1, 0.15) is 74.4 Å². The first-order chi connectivity index (χ1) is 66.2. The average molecular weight is 1910 g/mol. The highest BCUT2D eigenvalue weighted by atomic mass is 35.5. The molecule has 736 valence electrons. The molecule has 0 aliphatic carbocycles. The molecule has 8 N–H and O–H groups in total. The molecule has 12 rings (SSSR count). The number of phenolic OH excluding ortho intramolecular Hbond substituents is 8. The number of piperidine rings is 4. The van der Waals surface area contributed by atoms with Crippen LogP contribution >= 0.6 is 11.6 Å². The number of rotatable bonds is 15. The van der Waals surface area contributed by atoms with E-state index in [9.17, 15) is 79.2 Å². The van der Waals surface area contributed by atoms with Gasteiger partial charge >= 0.3 is 23.9 Å². The van der Waals surface area contributed by atoms with Crippen LogP contribution in [0.25, 0.3) is 0 Å². The van der Waals surface area contributed by atoms with Crippen LogP contribution in [0.15, 0.2) is 196 Å². The molecule has 4 saturated heterocycles. The third-order valence-electron chi connectivity index (χ3n) is 23.3. The number of aromatic hydroxyl groups is 8. The van der Waals surface area contributed by atoms with Crippen molar-refractivity contribution in [2.45, 2.75) is 200 Å². The van der Waals surface area contributed by atoms with E-state index in [4.69, 9.17) is 49.9 Å². The van der Waals surface area contributed by atoms with Gasteiger partial charge in [0.15, 0.2) is 26.4 Å². The highest BCUT2D eigenvalue weighted by molar-refractivity contribution is 6.33. The number of amides is 4. The van der Waals surface area contributed by atoms with Crippen molar-refractivity contribution < 1.29 is 118 Å². The zero-order valence-corrected chi connectivity index (χ0v) is 79.1. The molecule has 4 aromatic carbocycles. The van der Waals surface area contributed by atoms with Crippen LogP contribution < -0.4 is 0 Å². The number of nitrogens with zero attached hydrogens (tertiary/aromatic N) is 8. The van der Waals surface area contributed by atoms with Crippen molar-refractivity contribution in [1.82, 2.24) is 19.6 Å². The predicted octanol–water partition coefficient (Wildman–Crippen LogP) is 17.0. The second-order valence-corrected chi connectivity index (χ2v) is 34.4. The predicted molar refractivity (Wildman–Crippen MR) is 520 cm³/mol. The quantitative estimate of drug-likeness (QED) is 0.0237. The molecule has 0 spiro atoms. The number of carbonyl (C=O) groups is 8. The molecule has 4 fully saturated rings. The van der Waals surface area contributed by atoms with Crippen molar-refractivity contribution in [2.24, 2.45) is 20.6 Å². The molecule has 0 radical (unpaired) electrons. The lowest BCUT2D eigenvalue weighted by molar-refractivity contribution is -0.137. The minimum atomic E-state index is -0.774. The maximum Gasteiger partial charge on any atom is 0.342 e. The summed E-state index contributed by atoms with van der Waals surface area (Å²) in [6.45, 7) is 20.6. The van der Waals surface area contributed by atoms with Crippen LogP contribution in [0.1, 0.15) is 232 Å². The highest BCUT2D eigenvalue weighted by Crippen LogP contribution is 2.39. The summed E-state index contributed by atoms with van der Waals surface area (Å²) < 4.78 is 21.6. The van der Waals surface area contributed by atoms with Gasteiger partial charge in [-0.1, -0.05) is 124 Å². The Hall–Kier alpha value is -13.7. The third kappa shape index (κ3) is 35.8. The van der Waals surface area contributed by atoms with Crippen LogP contribution in [0.5, 0.6) is 46.0 Å². The SMILES string of the molecule is C/C1=C\C(=N/OCC(=O)N2CCCCC2)Cc2cc(O)cc(O)c2C(=O)O[C@H](C)C/C=C/CC1.C=C/C1=C\CC/C=C/C(=N/OCC(=O)N2CCCCC2)Cc2c(Cl)c(O)cc(O)c2C(=O)OCC1.C=C/C1=C\CC/C=C/C(=N/OCC(=O)N2CCCCC2)Cc2cc(O)cc(O)c2C(=O)OCC1.C=C/C1=C\CC/C=C/C(=N\OCC(=O)N2CCCCC2)Cc2cc(O)cc(O)c2C(=O)OCC1. The fraction of sp³-hybridized carbons (Fsp3) is 0.442. The molecular formula is C104H129ClN8O24. The smallest absolute Gasteiger partial charge is 0.342 e. The molecule has 33 heteroatoms. The summed E-state index contributed by atoms with van der Waals surface area (Å²) in [6, 6.07) is 8.49. The molecule has 8 heterocycles. The topological polar surface area (TPSA) is 435 Å². The number of likely N-dealkylation sites (tertiary alicyclic amines) is 4. The third-order valence-corrected chi connectivity index (χ3v) is 23.8. The molecule has 8 aliphatic heterocycles. The minimum Gasteiger partial charge on any atom is -0.508 e. The van der Waals surface area contributed by atoms with Crippen LogP contribution in [0.4, 0.5) is 0 Å². The summed E-state index contributed by atoms with van der Waals surface area (Å²) in [5.41, 5.74) is 6.56. The van der Waals surface area contributed by atoms with Crippen molar-refractivity contribution in [3.63, 3.8) is 0 Å². The normalized spacial score (nSPS) is 21.9. The monoisotopic (exact) mass is 1910 g/mol. The summed E-state index contributed by atoms with van der Waals surface area (Å²) in [7, 11) is 0. The average Bonchev–Trinajstić information content (AvgIpc) is 0.798. The number of esters is 4. The number of carbonyl (C=O) groups excluding carboxylic acids is 8. The highest BCUT2D eigenvalue weighted by Gasteiger charge is 2.30. The number of cyclic esters (lactones) is 4. The maximum absolute atomic E-state index is 12.8. The minimum absolute atomic E-state index is 0.0196. The Labute approximate surface area is 804 Å². The van der Waals surface area contributed by atoms with Gasteiger partial charge in [0.2, 0.25) is 0 Å². The fourth-order valence-electron chi connectivity index (χ4n) is 16.1. The van der Waals surface area contributed by atoms with Gasteiger partial charge in [0.25, 0.3) is 23.6 Å². The molecule has 0 aromatic heterocycles. The molecule has 4 aromatic rings. The van der Waals surface area contributed by atoms with Crippen LogP contribution in [-0.2, 0) is 83.2 Å². The van der Waals surface area contributed by atoms with Crippen molar-refractivity contribution >= 4 is 82.0 Å². The standard InChI is InChI=1S/C26H31ClN2O6.C26H34N2O6.2C26H32N2O6/c1-2-18-9-5-3-6-10-19(28-35-17-23(32)29-12-7-4-8-13-29)15-20-24(26(33)34-14-11-18)21(30)16-22(31)25(20)27;1-18-9-5-3-6-10-19(2)34-26(32)25-20(15-22(29)16-23(25)30)14-21(13-18)27-33-17-24(31)28-11-7-4-8-12-28;2*1-2-19-9-5-3-6-10-21(27-34-18-24(31)28-12-7-4-8-13-28)15-20-16-22(29)17-23(30)25(20)26(32)33-14-11-19/h2,6,9-10,16,30-31H,1,3-5,7-8,11-15,17H2;3,6,13,15-16,19,29-30H,4-5,7-12,14,17H2,1-2H3;2*2,6,9-10,16-17,29-30H,1,3-5,7-8,11-15,18H2/b10-6+,18-9+,28-19-;6-3+,18-13+,27-21+;10-6+,19-9+,27-21+;10-6+,19-9+,27-21-/t;19-;;/m.1../s1. The Kier molecular flexibility index (Phi) is 44.7. The van der Waals surface area contributed by atoms with E-state index in [0.717, 1.165) is 208 Å². The van der Waals surface area contributed by atoms with Crippen LogP contribution in [-0.4, -0.2) is 236 Å². The zero-order chi connectivity index (χ0) is 98.4. The number of oxime groups is 4. The fourth-order valence-corrected chi connectivity index (χ4v) is 16.3. The van der Waals surface area contributed by atoms with E-state index < -0.39 is 29.6 Å². The van der Waals surface area contributed by atoms with Gasteiger partial charge in [0, 0.05) is 128 Å². The lowest BCUT2D eigenvalue weighted by Crippen LogP contribution is -2.37. The Balaban J connectivity index is 0.000000205. The number of benzene rings is 4. The summed E-state index contributed by atoms with van der Waals surface area (Å²) in [6.07, 6.45) is 48.5. The van der Waals surface area contributed by atoms with E-state index in [2.05, 4.69) is 40.4 Å². The second kappa shape index (κ2) is 57.3. The lowest BCUT2D eigenvalue weighted by Gasteiger charge is -2.26. The van der Waals surface area contributed by atoms with Crippen LogP contribution in [0.2, 0.25) is 5.02 Å². The summed E-state index contributed by atoms with van der Waals surface area (Å²) >= 11 is 6.32. The first-order valence-corrected chi connectivity index (χ1v) is 47.3.